The molecule has 3 rings (SSSR count). The van der Waals surface area contributed by atoms with Gasteiger partial charge in [-0.15, -0.1) is 0 Å². The lowest BCUT2D eigenvalue weighted by Crippen LogP contribution is -2.14. The molecule has 0 aliphatic carbocycles. The summed E-state index contributed by atoms with van der Waals surface area (Å²) >= 11 is 0. The number of rotatable bonds is 2. The highest BCUT2D eigenvalue weighted by atomic mass is 16.2. The SMILES string of the molecule is NC(=O)c1cccc(N=C2C(=O)Nc3ccccc32)c1. The Hall–Kier alpha value is -2.95. The van der Waals surface area contributed by atoms with E-state index in [0.29, 0.717) is 17.0 Å². The highest BCUT2D eigenvalue weighted by Crippen LogP contribution is 2.25. The van der Waals surface area contributed by atoms with Crippen LogP contribution in [0.25, 0.3) is 0 Å². The summed E-state index contributed by atoms with van der Waals surface area (Å²) < 4.78 is 0. The molecule has 5 nitrogen and oxygen atoms in total. The normalized spacial score (nSPS) is 15.0. The number of carbonyl (C=O) groups is 2. The summed E-state index contributed by atoms with van der Waals surface area (Å²) in [5, 5.41) is 2.74. The van der Waals surface area contributed by atoms with Crippen LogP contribution in [0, 0.1) is 0 Å². The zero-order valence-corrected chi connectivity index (χ0v) is 10.5. The van der Waals surface area contributed by atoms with Crippen LogP contribution in [-0.4, -0.2) is 17.5 Å². The van der Waals surface area contributed by atoms with Gasteiger partial charge in [0.05, 0.1) is 11.4 Å². The molecule has 0 unspecified atom stereocenters. The number of amides is 2. The molecule has 98 valence electrons. The van der Waals surface area contributed by atoms with Gasteiger partial charge in [-0.25, -0.2) is 4.99 Å². The van der Waals surface area contributed by atoms with Gasteiger partial charge in [-0.1, -0.05) is 24.3 Å². The molecule has 0 bridgehead atoms. The van der Waals surface area contributed by atoms with Crippen LogP contribution in [0.5, 0.6) is 0 Å². The van der Waals surface area contributed by atoms with Gasteiger partial charge in [0.25, 0.3) is 5.91 Å². The first-order valence-electron chi connectivity index (χ1n) is 6.04. The Labute approximate surface area is 115 Å². The number of carbonyl (C=O) groups excluding carboxylic acids is 2. The summed E-state index contributed by atoms with van der Waals surface area (Å²) in [4.78, 5) is 27.4. The number of hydrogen-bond donors (Lipinski definition) is 2. The average Bonchev–Trinajstić information content (AvgIpc) is 2.76. The number of anilines is 1. The minimum Gasteiger partial charge on any atom is -0.366 e. The smallest absolute Gasteiger partial charge is 0.275 e. The van der Waals surface area contributed by atoms with Crippen LogP contribution in [0.4, 0.5) is 11.4 Å². The third-order valence-electron chi connectivity index (χ3n) is 3.02. The van der Waals surface area contributed by atoms with Crippen molar-refractivity contribution in [1.29, 1.82) is 0 Å². The average molecular weight is 265 g/mol. The maximum absolute atomic E-state index is 11.9. The van der Waals surface area contributed by atoms with Crippen LogP contribution in [0.1, 0.15) is 15.9 Å². The second kappa shape index (κ2) is 4.62. The summed E-state index contributed by atoms with van der Waals surface area (Å²) in [6.07, 6.45) is 0. The lowest BCUT2D eigenvalue weighted by molar-refractivity contribution is -0.110. The molecule has 2 aromatic rings. The third-order valence-corrected chi connectivity index (χ3v) is 3.02. The van der Waals surface area contributed by atoms with Crippen molar-refractivity contribution < 1.29 is 9.59 Å². The standard InChI is InChI=1S/C15H11N3O2/c16-14(19)9-4-3-5-10(8-9)17-13-11-6-1-2-7-12(11)18-15(13)20/h1-8H,(H2,16,19)(H,17,18,20). The minimum atomic E-state index is -0.525. The Morgan fingerprint density at radius 2 is 1.90 bits per heavy atom. The summed E-state index contributed by atoms with van der Waals surface area (Å²) in [6.45, 7) is 0. The number of aliphatic imine (C=N–C) groups is 1. The molecule has 3 N–H and O–H groups in total. The van der Waals surface area contributed by atoms with E-state index < -0.39 is 5.91 Å². The number of primary amides is 1. The van der Waals surface area contributed by atoms with Crippen molar-refractivity contribution in [2.24, 2.45) is 10.7 Å². The molecule has 0 radical (unpaired) electrons. The molecule has 0 aromatic heterocycles. The fraction of sp³-hybridized carbons (Fsp3) is 0. The molecule has 0 atom stereocenters. The fourth-order valence-electron chi connectivity index (χ4n) is 2.07. The van der Waals surface area contributed by atoms with Crippen molar-refractivity contribution in [2.75, 3.05) is 5.32 Å². The van der Waals surface area contributed by atoms with E-state index in [1.807, 2.05) is 24.3 Å². The number of nitrogens with one attached hydrogen (secondary N) is 1. The van der Waals surface area contributed by atoms with Crippen molar-refractivity contribution >= 4 is 28.9 Å². The predicted molar refractivity (Wildman–Crippen MR) is 76.2 cm³/mol. The Kier molecular flexibility index (Phi) is 2.80. The molecule has 0 saturated heterocycles. The summed E-state index contributed by atoms with van der Waals surface area (Å²) in [5.41, 5.74) is 7.93. The second-order valence-electron chi connectivity index (χ2n) is 4.37. The molecule has 0 saturated carbocycles. The first-order valence-corrected chi connectivity index (χ1v) is 6.04. The van der Waals surface area contributed by atoms with Crippen LogP contribution in [-0.2, 0) is 4.79 Å². The topological polar surface area (TPSA) is 84.6 Å². The Balaban J connectivity index is 2.07. The predicted octanol–water partition coefficient (Wildman–Crippen LogP) is 1.86. The van der Waals surface area contributed by atoms with Crippen LogP contribution >= 0.6 is 0 Å². The van der Waals surface area contributed by atoms with Crippen molar-refractivity contribution in [3.63, 3.8) is 0 Å². The van der Waals surface area contributed by atoms with E-state index in [-0.39, 0.29) is 5.91 Å². The monoisotopic (exact) mass is 265 g/mol. The number of fused-ring (bicyclic) bond motifs is 1. The van der Waals surface area contributed by atoms with Crippen molar-refractivity contribution in [3.8, 4) is 0 Å². The van der Waals surface area contributed by atoms with E-state index in [2.05, 4.69) is 10.3 Å². The highest BCUT2D eigenvalue weighted by molar-refractivity contribution is 6.54. The molecular formula is C15H11N3O2. The summed E-state index contributed by atoms with van der Waals surface area (Å²) in [5.74, 6) is -0.779. The Morgan fingerprint density at radius 1 is 1.10 bits per heavy atom. The summed E-state index contributed by atoms with van der Waals surface area (Å²) in [7, 11) is 0. The molecule has 0 spiro atoms. The molecule has 20 heavy (non-hydrogen) atoms. The van der Waals surface area contributed by atoms with Crippen LogP contribution in [0.15, 0.2) is 53.5 Å². The highest BCUT2D eigenvalue weighted by Gasteiger charge is 2.25. The number of nitrogens with zero attached hydrogens (tertiary/aromatic N) is 1. The van der Waals surface area contributed by atoms with Crippen LogP contribution in [0.3, 0.4) is 0 Å². The molecule has 1 aliphatic rings. The fourth-order valence-corrected chi connectivity index (χ4v) is 2.07. The van der Waals surface area contributed by atoms with E-state index in [4.69, 9.17) is 5.73 Å². The molecule has 0 fully saturated rings. The van der Waals surface area contributed by atoms with Gasteiger partial charge in [-0.2, -0.15) is 0 Å². The van der Waals surface area contributed by atoms with Gasteiger partial charge in [-0.3, -0.25) is 9.59 Å². The van der Waals surface area contributed by atoms with Crippen LogP contribution in [0.2, 0.25) is 0 Å². The largest absolute Gasteiger partial charge is 0.366 e. The first kappa shape index (κ1) is 12.1. The molecule has 2 aromatic carbocycles. The Morgan fingerprint density at radius 3 is 2.70 bits per heavy atom. The van der Waals surface area contributed by atoms with E-state index in [9.17, 15) is 9.59 Å². The maximum Gasteiger partial charge on any atom is 0.275 e. The summed E-state index contributed by atoms with van der Waals surface area (Å²) in [6, 6.07) is 13.9. The molecule has 1 aliphatic heterocycles. The van der Waals surface area contributed by atoms with E-state index in [0.717, 1.165) is 11.3 Å². The van der Waals surface area contributed by atoms with Crippen molar-refractivity contribution in [1.82, 2.24) is 0 Å². The van der Waals surface area contributed by atoms with E-state index in [1.54, 1.807) is 24.3 Å². The van der Waals surface area contributed by atoms with Gasteiger partial charge in [0.2, 0.25) is 5.91 Å². The number of hydrogen-bond acceptors (Lipinski definition) is 3. The second-order valence-corrected chi connectivity index (χ2v) is 4.37. The van der Waals surface area contributed by atoms with E-state index >= 15 is 0 Å². The lowest BCUT2D eigenvalue weighted by Gasteiger charge is -2.00. The quantitative estimate of drug-likeness (QED) is 0.868. The van der Waals surface area contributed by atoms with Gasteiger partial charge >= 0.3 is 0 Å². The van der Waals surface area contributed by atoms with Crippen molar-refractivity contribution in [3.05, 3.63) is 59.7 Å². The van der Waals surface area contributed by atoms with Gasteiger partial charge in [0.15, 0.2) is 0 Å². The first-order chi connectivity index (χ1) is 9.65. The molecular weight excluding hydrogens is 254 g/mol. The van der Waals surface area contributed by atoms with Crippen molar-refractivity contribution in [2.45, 2.75) is 0 Å². The Bertz CT molecular complexity index is 750. The molecule has 1 heterocycles. The lowest BCUT2D eigenvalue weighted by atomic mass is 10.1. The zero-order valence-electron chi connectivity index (χ0n) is 10.5. The van der Waals surface area contributed by atoms with Gasteiger partial charge in [0, 0.05) is 11.1 Å². The number of para-hydroxylation sites is 1. The van der Waals surface area contributed by atoms with Gasteiger partial charge in [0.1, 0.15) is 5.71 Å². The molecule has 5 heteroatoms. The minimum absolute atomic E-state index is 0.254. The zero-order chi connectivity index (χ0) is 14.1. The van der Waals surface area contributed by atoms with Crippen LogP contribution < -0.4 is 11.1 Å². The maximum atomic E-state index is 11.9. The third kappa shape index (κ3) is 2.05. The number of benzene rings is 2. The van der Waals surface area contributed by atoms with E-state index in [1.165, 1.54) is 0 Å². The number of nitrogens with two attached hydrogens (primary N) is 1. The van der Waals surface area contributed by atoms with Gasteiger partial charge < -0.3 is 11.1 Å². The van der Waals surface area contributed by atoms with Gasteiger partial charge in [-0.05, 0) is 24.3 Å². The molecule has 2 amide bonds.